The van der Waals surface area contributed by atoms with E-state index in [1.54, 1.807) is 13.8 Å². The fourth-order valence-corrected chi connectivity index (χ4v) is 3.72. The standard InChI is InChI=1S/C24H30F2N4O2/c1-15(2)22(28-23(31)21-18(25)6-5-7-19(21)26)24(32)27-20-9-8-17(14-16(20)3)30-12-10-29(4)11-13-30/h5-9,14-15,22H,10-13H2,1-4H3,(H,27,32)(H,28,31)/t22-/m0/s1. The van der Waals surface area contributed by atoms with Crippen LogP contribution >= 0.6 is 0 Å². The molecule has 0 aliphatic carbocycles. The Balaban J connectivity index is 1.71. The number of amides is 2. The molecule has 172 valence electrons. The van der Waals surface area contributed by atoms with E-state index in [9.17, 15) is 18.4 Å². The van der Waals surface area contributed by atoms with Gasteiger partial charge in [0.15, 0.2) is 0 Å². The van der Waals surface area contributed by atoms with Crippen LogP contribution in [0, 0.1) is 24.5 Å². The quantitative estimate of drug-likeness (QED) is 0.717. The van der Waals surface area contributed by atoms with Gasteiger partial charge in [-0.1, -0.05) is 19.9 Å². The lowest BCUT2D eigenvalue weighted by Gasteiger charge is -2.34. The number of hydrogen-bond acceptors (Lipinski definition) is 4. The highest BCUT2D eigenvalue weighted by atomic mass is 19.1. The molecular weight excluding hydrogens is 414 g/mol. The van der Waals surface area contributed by atoms with Crippen molar-refractivity contribution in [1.82, 2.24) is 10.2 Å². The minimum Gasteiger partial charge on any atom is -0.369 e. The fourth-order valence-electron chi connectivity index (χ4n) is 3.72. The average molecular weight is 445 g/mol. The van der Waals surface area contributed by atoms with Crippen molar-refractivity contribution in [1.29, 1.82) is 0 Å². The molecule has 0 aromatic heterocycles. The van der Waals surface area contributed by atoms with Crippen molar-refractivity contribution in [2.45, 2.75) is 26.8 Å². The van der Waals surface area contributed by atoms with Crippen LogP contribution in [0.2, 0.25) is 0 Å². The molecule has 8 heteroatoms. The van der Waals surface area contributed by atoms with Gasteiger partial charge in [0.25, 0.3) is 5.91 Å². The van der Waals surface area contributed by atoms with Gasteiger partial charge in [0.1, 0.15) is 23.2 Å². The van der Waals surface area contributed by atoms with Gasteiger partial charge in [0, 0.05) is 37.6 Å². The molecule has 0 spiro atoms. The normalized spacial score (nSPS) is 15.5. The molecule has 2 aromatic carbocycles. The molecule has 6 nitrogen and oxygen atoms in total. The minimum atomic E-state index is -0.972. The van der Waals surface area contributed by atoms with E-state index in [0.717, 1.165) is 49.6 Å². The number of benzene rings is 2. The number of rotatable bonds is 6. The van der Waals surface area contributed by atoms with E-state index in [4.69, 9.17) is 0 Å². The highest BCUT2D eigenvalue weighted by Gasteiger charge is 2.27. The molecule has 0 radical (unpaired) electrons. The largest absolute Gasteiger partial charge is 0.369 e. The second-order valence-electron chi connectivity index (χ2n) is 8.57. The van der Waals surface area contributed by atoms with Crippen molar-refractivity contribution >= 4 is 23.2 Å². The number of carbonyl (C=O) groups excluding carboxylic acids is 2. The molecule has 1 saturated heterocycles. The van der Waals surface area contributed by atoms with Crippen LogP contribution < -0.4 is 15.5 Å². The maximum absolute atomic E-state index is 14.0. The Kier molecular flexibility index (Phi) is 7.45. The zero-order valence-corrected chi connectivity index (χ0v) is 18.9. The van der Waals surface area contributed by atoms with Crippen molar-refractivity contribution in [3.8, 4) is 0 Å². The van der Waals surface area contributed by atoms with Gasteiger partial charge in [-0.3, -0.25) is 9.59 Å². The number of nitrogens with one attached hydrogen (secondary N) is 2. The molecular formula is C24H30F2N4O2. The fraction of sp³-hybridized carbons (Fsp3) is 0.417. The van der Waals surface area contributed by atoms with Crippen LogP contribution in [-0.4, -0.2) is 56.0 Å². The lowest BCUT2D eigenvalue weighted by atomic mass is 10.0. The van der Waals surface area contributed by atoms with E-state index in [-0.39, 0.29) is 5.92 Å². The zero-order chi connectivity index (χ0) is 23.4. The summed E-state index contributed by atoms with van der Waals surface area (Å²) in [5.41, 5.74) is 1.92. The summed E-state index contributed by atoms with van der Waals surface area (Å²) in [6, 6.07) is 8.07. The Morgan fingerprint density at radius 3 is 2.19 bits per heavy atom. The summed E-state index contributed by atoms with van der Waals surface area (Å²) in [5.74, 6) is -3.64. The number of carbonyl (C=O) groups is 2. The molecule has 3 rings (SSSR count). The number of halogens is 2. The Bertz CT molecular complexity index is 968. The number of likely N-dealkylation sites (N-methyl/N-ethyl adjacent to an activating group) is 1. The number of aryl methyl sites for hydroxylation is 1. The SMILES string of the molecule is Cc1cc(N2CCN(C)CC2)ccc1NC(=O)[C@@H](NC(=O)c1c(F)cccc1F)C(C)C. The first-order chi connectivity index (χ1) is 15.2. The molecule has 2 N–H and O–H groups in total. The molecule has 0 unspecified atom stereocenters. The lowest BCUT2D eigenvalue weighted by molar-refractivity contribution is -0.118. The van der Waals surface area contributed by atoms with E-state index in [2.05, 4.69) is 27.5 Å². The number of hydrogen-bond donors (Lipinski definition) is 2. The Labute approximate surface area is 187 Å². The van der Waals surface area contributed by atoms with Gasteiger partial charge in [-0.05, 0) is 55.8 Å². The third kappa shape index (κ3) is 5.43. The molecule has 1 aliphatic rings. The summed E-state index contributed by atoms with van der Waals surface area (Å²) in [5, 5.41) is 5.32. The highest BCUT2D eigenvalue weighted by molar-refractivity contribution is 6.01. The predicted molar refractivity (Wildman–Crippen MR) is 122 cm³/mol. The second-order valence-corrected chi connectivity index (χ2v) is 8.57. The Morgan fingerprint density at radius 2 is 1.62 bits per heavy atom. The predicted octanol–water partition coefficient (Wildman–Crippen LogP) is 3.42. The molecule has 1 atom stereocenters. The van der Waals surface area contributed by atoms with E-state index in [1.807, 2.05) is 25.1 Å². The third-order valence-electron chi connectivity index (χ3n) is 5.76. The van der Waals surface area contributed by atoms with Crippen LogP contribution in [0.3, 0.4) is 0 Å². The third-order valence-corrected chi connectivity index (χ3v) is 5.76. The van der Waals surface area contributed by atoms with Gasteiger partial charge >= 0.3 is 0 Å². The molecule has 0 bridgehead atoms. The minimum absolute atomic E-state index is 0.293. The van der Waals surface area contributed by atoms with Crippen LogP contribution in [-0.2, 0) is 4.79 Å². The van der Waals surface area contributed by atoms with Gasteiger partial charge in [-0.25, -0.2) is 8.78 Å². The Hall–Kier alpha value is -3.00. The van der Waals surface area contributed by atoms with E-state index < -0.39 is 35.1 Å². The van der Waals surface area contributed by atoms with Crippen molar-refractivity contribution in [3.63, 3.8) is 0 Å². The summed E-state index contributed by atoms with van der Waals surface area (Å²) < 4.78 is 27.9. The van der Waals surface area contributed by atoms with Crippen molar-refractivity contribution in [2.75, 3.05) is 43.4 Å². The summed E-state index contributed by atoms with van der Waals surface area (Å²) in [6.07, 6.45) is 0. The maximum Gasteiger partial charge on any atom is 0.257 e. The topological polar surface area (TPSA) is 64.7 Å². The van der Waals surface area contributed by atoms with Gasteiger partial charge in [-0.15, -0.1) is 0 Å². The van der Waals surface area contributed by atoms with Gasteiger partial charge in [-0.2, -0.15) is 0 Å². The summed E-state index contributed by atoms with van der Waals surface area (Å²) in [6.45, 7) is 9.29. The first-order valence-electron chi connectivity index (χ1n) is 10.8. The number of anilines is 2. The molecule has 0 saturated carbocycles. The first-order valence-corrected chi connectivity index (χ1v) is 10.8. The molecule has 1 heterocycles. The van der Waals surface area contributed by atoms with Crippen LogP contribution in [0.25, 0.3) is 0 Å². The molecule has 2 aromatic rings. The average Bonchev–Trinajstić information content (AvgIpc) is 2.73. The van der Waals surface area contributed by atoms with Crippen molar-refractivity contribution in [2.24, 2.45) is 5.92 Å². The van der Waals surface area contributed by atoms with Crippen LogP contribution in [0.15, 0.2) is 36.4 Å². The lowest BCUT2D eigenvalue weighted by Crippen LogP contribution is -2.47. The zero-order valence-electron chi connectivity index (χ0n) is 18.9. The molecule has 1 aliphatic heterocycles. The van der Waals surface area contributed by atoms with Gasteiger partial charge < -0.3 is 20.4 Å². The van der Waals surface area contributed by atoms with Crippen molar-refractivity contribution < 1.29 is 18.4 Å². The van der Waals surface area contributed by atoms with Gasteiger partial charge in [0.05, 0.1) is 0 Å². The number of piperazine rings is 1. The monoisotopic (exact) mass is 444 g/mol. The number of nitrogens with zero attached hydrogens (tertiary/aromatic N) is 2. The van der Waals surface area contributed by atoms with Crippen molar-refractivity contribution in [3.05, 3.63) is 59.2 Å². The van der Waals surface area contributed by atoms with Crippen LogP contribution in [0.1, 0.15) is 29.8 Å². The van der Waals surface area contributed by atoms with Gasteiger partial charge in [0.2, 0.25) is 5.91 Å². The van der Waals surface area contributed by atoms with E-state index >= 15 is 0 Å². The summed E-state index contributed by atoms with van der Waals surface area (Å²) in [4.78, 5) is 30.0. The molecule has 2 amide bonds. The van der Waals surface area contributed by atoms with E-state index in [1.165, 1.54) is 6.07 Å². The van der Waals surface area contributed by atoms with Crippen LogP contribution in [0.5, 0.6) is 0 Å². The summed E-state index contributed by atoms with van der Waals surface area (Å²) in [7, 11) is 2.10. The summed E-state index contributed by atoms with van der Waals surface area (Å²) >= 11 is 0. The smallest absolute Gasteiger partial charge is 0.257 e. The van der Waals surface area contributed by atoms with Crippen LogP contribution in [0.4, 0.5) is 20.2 Å². The molecule has 1 fully saturated rings. The first kappa shape index (κ1) is 23.7. The Morgan fingerprint density at radius 1 is 1.00 bits per heavy atom. The molecule has 32 heavy (non-hydrogen) atoms. The maximum atomic E-state index is 14.0. The second kappa shape index (κ2) is 10.1. The highest BCUT2D eigenvalue weighted by Crippen LogP contribution is 2.24. The van der Waals surface area contributed by atoms with E-state index in [0.29, 0.717) is 5.69 Å².